The number of carbonyl (C=O) groups excluding carboxylic acids is 1. The highest BCUT2D eigenvalue weighted by atomic mass is 35.5. The van der Waals surface area contributed by atoms with E-state index in [1.807, 2.05) is 30.3 Å². The maximum Gasteiger partial charge on any atom is 0.346 e. The van der Waals surface area contributed by atoms with Crippen LogP contribution in [-0.4, -0.2) is 11.8 Å². The van der Waals surface area contributed by atoms with Gasteiger partial charge in [-0.15, -0.1) is 0 Å². The SMILES string of the molecule is Cc1cc(Cl)c(/C(Cl)=C/[C@@H](Nc2ccccc2)[C@H]2CCCCC2=O)c(=O)o1. The van der Waals surface area contributed by atoms with Crippen molar-refractivity contribution in [1.82, 2.24) is 0 Å². The molecule has 2 aromatic rings. The van der Waals surface area contributed by atoms with E-state index >= 15 is 0 Å². The second-order valence-corrected chi connectivity index (χ2v) is 7.55. The van der Waals surface area contributed by atoms with E-state index in [1.54, 1.807) is 19.1 Å². The van der Waals surface area contributed by atoms with E-state index in [0.29, 0.717) is 12.2 Å². The number of anilines is 1. The Labute approximate surface area is 168 Å². The summed E-state index contributed by atoms with van der Waals surface area (Å²) in [5.41, 5.74) is 0.408. The first-order valence-corrected chi connectivity index (χ1v) is 9.73. The molecule has 0 radical (unpaired) electrons. The monoisotopic (exact) mass is 405 g/mol. The minimum absolute atomic E-state index is 0.118. The Hall–Kier alpha value is -2.04. The van der Waals surface area contributed by atoms with Crippen LogP contribution in [0, 0.1) is 12.8 Å². The maximum atomic E-state index is 12.5. The van der Waals surface area contributed by atoms with Crippen LogP contribution in [0.15, 0.2) is 51.7 Å². The van der Waals surface area contributed by atoms with Gasteiger partial charge in [0.25, 0.3) is 0 Å². The molecular weight excluding hydrogens is 385 g/mol. The topological polar surface area (TPSA) is 59.3 Å². The van der Waals surface area contributed by atoms with E-state index in [0.717, 1.165) is 24.9 Å². The predicted octanol–water partition coefficient (Wildman–Crippen LogP) is 5.42. The lowest BCUT2D eigenvalue weighted by atomic mass is 9.82. The number of Topliss-reactive ketones (excluding diaryl/α,β-unsaturated/α-hetero) is 1. The molecule has 0 saturated heterocycles. The third-order valence-corrected chi connectivity index (χ3v) is 5.35. The molecule has 0 bridgehead atoms. The van der Waals surface area contributed by atoms with E-state index in [4.69, 9.17) is 27.6 Å². The fraction of sp³-hybridized carbons (Fsp3) is 0.333. The zero-order valence-corrected chi connectivity index (χ0v) is 16.5. The van der Waals surface area contributed by atoms with Crippen molar-refractivity contribution >= 4 is 39.7 Å². The molecule has 0 unspecified atom stereocenters. The molecule has 1 N–H and O–H groups in total. The molecule has 1 saturated carbocycles. The van der Waals surface area contributed by atoms with E-state index in [9.17, 15) is 9.59 Å². The van der Waals surface area contributed by atoms with Gasteiger partial charge in [0.15, 0.2) is 0 Å². The number of ketones is 1. The molecule has 1 heterocycles. The zero-order valence-electron chi connectivity index (χ0n) is 15.0. The van der Waals surface area contributed by atoms with Gasteiger partial charge >= 0.3 is 5.63 Å². The summed E-state index contributed by atoms with van der Waals surface area (Å²) in [5.74, 6) is 0.418. The number of carbonyl (C=O) groups is 1. The lowest BCUT2D eigenvalue weighted by molar-refractivity contribution is -0.124. The first kappa shape index (κ1) is 19.7. The largest absolute Gasteiger partial charge is 0.428 e. The van der Waals surface area contributed by atoms with E-state index in [-0.39, 0.29) is 33.4 Å². The van der Waals surface area contributed by atoms with Crippen molar-refractivity contribution in [2.45, 2.75) is 38.6 Å². The van der Waals surface area contributed by atoms with E-state index < -0.39 is 5.63 Å². The van der Waals surface area contributed by atoms with Crippen molar-refractivity contribution in [2.24, 2.45) is 5.92 Å². The fourth-order valence-electron chi connectivity index (χ4n) is 3.40. The molecule has 1 aromatic heterocycles. The highest BCUT2D eigenvalue weighted by Crippen LogP contribution is 2.31. The van der Waals surface area contributed by atoms with Crippen molar-refractivity contribution in [1.29, 1.82) is 0 Å². The van der Waals surface area contributed by atoms with Crippen molar-refractivity contribution in [3.63, 3.8) is 0 Å². The smallest absolute Gasteiger partial charge is 0.346 e. The van der Waals surface area contributed by atoms with Gasteiger partial charge in [-0.25, -0.2) is 4.79 Å². The summed E-state index contributed by atoms with van der Waals surface area (Å²) >= 11 is 12.7. The van der Waals surface area contributed by atoms with Crippen LogP contribution in [0.2, 0.25) is 5.02 Å². The van der Waals surface area contributed by atoms with Crippen LogP contribution < -0.4 is 10.9 Å². The third kappa shape index (κ3) is 4.82. The number of hydrogen-bond donors (Lipinski definition) is 1. The number of halogens is 2. The van der Waals surface area contributed by atoms with Crippen LogP contribution >= 0.6 is 23.2 Å². The summed E-state index contributed by atoms with van der Waals surface area (Å²) in [6, 6.07) is 10.8. The molecule has 6 heteroatoms. The van der Waals surface area contributed by atoms with Gasteiger partial charge in [-0.2, -0.15) is 0 Å². The Balaban J connectivity index is 1.98. The van der Waals surface area contributed by atoms with E-state index in [2.05, 4.69) is 5.32 Å². The third-order valence-electron chi connectivity index (χ3n) is 4.73. The first-order chi connectivity index (χ1) is 13.0. The number of para-hydroxylation sites is 1. The van der Waals surface area contributed by atoms with Gasteiger partial charge in [-0.3, -0.25) is 4.79 Å². The molecule has 0 amide bonds. The minimum Gasteiger partial charge on any atom is -0.428 e. The summed E-state index contributed by atoms with van der Waals surface area (Å²) in [7, 11) is 0. The molecule has 2 atom stereocenters. The normalized spacial score (nSPS) is 19.0. The average molecular weight is 406 g/mol. The first-order valence-electron chi connectivity index (χ1n) is 8.98. The Kier molecular flexibility index (Phi) is 6.40. The molecule has 1 fully saturated rings. The van der Waals surface area contributed by atoms with Crippen LogP contribution in [0.4, 0.5) is 5.69 Å². The Morgan fingerprint density at radius 3 is 2.67 bits per heavy atom. The van der Waals surface area contributed by atoms with Crippen LogP contribution in [0.3, 0.4) is 0 Å². The highest BCUT2D eigenvalue weighted by Gasteiger charge is 2.30. The van der Waals surface area contributed by atoms with Crippen molar-refractivity contribution in [3.8, 4) is 0 Å². The predicted molar refractivity (Wildman–Crippen MR) is 109 cm³/mol. The van der Waals surface area contributed by atoms with Gasteiger partial charge in [-0.05, 0) is 44.0 Å². The lowest BCUT2D eigenvalue weighted by Crippen LogP contribution is -2.35. The number of hydrogen-bond acceptors (Lipinski definition) is 4. The second-order valence-electron chi connectivity index (χ2n) is 6.74. The van der Waals surface area contributed by atoms with Crippen LogP contribution in [0.5, 0.6) is 0 Å². The average Bonchev–Trinajstić information content (AvgIpc) is 2.61. The van der Waals surface area contributed by atoms with Crippen molar-refractivity contribution in [2.75, 3.05) is 5.32 Å². The van der Waals surface area contributed by atoms with Gasteiger partial charge in [0.05, 0.1) is 21.7 Å². The molecule has 0 aliphatic heterocycles. The molecule has 1 aromatic carbocycles. The Morgan fingerprint density at radius 1 is 1.26 bits per heavy atom. The summed E-state index contributed by atoms with van der Waals surface area (Å²) in [6.07, 6.45) is 4.95. The minimum atomic E-state index is -0.588. The van der Waals surface area contributed by atoms with Gasteiger partial charge in [0.2, 0.25) is 0 Å². The summed E-state index contributed by atoms with van der Waals surface area (Å²) in [5, 5.41) is 3.79. The van der Waals surface area contributed by atoms with Gasteiger partial charge in [-0.1, -0.05) is 47.8 Å². The molecule has 1 aliphatic rings. The quantitative estimate of drug-likeness (QED) is 0.720. The molecular formula is C21H21Cl2NO3. The van der Waals surface area contributed by atoms with Crippen LogP contribution in [0.25, 0.3) is 5.03 Å². The summed E-state index contributed by atoms with van der Waals surface area (Å²) in [4.78, 5) is 24.7. The number of rotatable bonds is 5. The molecule has 1 aliphatic carbocycles. The van der Waals surface area contributed by atoms with Gasteiger partial charge < -0.3 is 9.73 Å². The van der Waals surface area contributed by atoms with Crippen molar-refractivity contribution in [3.05, 3.63) is 69.2 Å². The van der Waals surface area contributed by atoms with Crippen molar-refractivity contribution < 1.29 is 9.21 Å². The fourth-order valence-corrected chi connectivity index (χ4v) is 4.10. The van der Waals surface area contributed by atoms with Crippen LogP contribution in [0.1, 0.15) is 37.0 Å². The molecule has 4 nitrogen and oxygen atoms in total. The number of benzene rings is 1. The summed E-state index contributed by atoms with van der Waals surface area (Å²) < 4.78 is 5.12. The number of aryl methyl sites for hydroxylation is 1. The Morgan fingerprint density at radius 2 is 2.00 bits per heavy atom. The Bertz CT molecular complexity index is 905. The van der Waals surface area contributed by atoms with Crippen LogP contribution in [-0.2, 0) is 4.79 Å². The van der Waals surface area contributed by atoms with Gasteiger partial charge in [0, 0.05) is 18.0 Å². The molecule has 0 spiro atoms. The van der Waals surface area contributed by atoms with Gasteiger partial charge in [0.1, 0.15) is 11.5 Å². The lowest BCUT2D eigenvalue weighted by Gasteiger charge is -2.29. The standard InChI is InChI=1S/C21H21Cl2NO3/c1-13-11-16(22)20(21(26)27-13)17(23)12-18(15-9-5-6-10-19(15)25)24-14-7-3-2-4-8-14/h2-4,7-8,11-12,15,18,24H,5-6,9-10H2,1H3/b17-12-/t15-,18-/m1/s1. The zero-order chi connectivity index (χ0) is 19.4. The number of nitrogens with one attached hydrogen (secondary N) is 1. The molecule has 27 heavy (non-hydrogen) atoms. The molecule has 3 rings (SSSR count). The highest BCUT2D eigenvalue weighted by molar-refractivity contribution is 6.50. The molecule has 142 valence electrons. The maximum absolute atomic E-state index is 12.5. The van der Waals surface area contributed by atoms with E-state index in [1.165, 1.54) is 0 Å². The second kappa shape index (κ2) is 8.77. The summed E-state index contributed by atoms with van der Waals surface area (Å²) in [6.45, 7) is 1.65.